The molecule has 1 heterocycles. The van der Waals surface area contributed by atoms with Gasteiger partial charge in [0.15, 0.2) is 0 Å². The molecular formula is C16H25NO. The minimum atomic E-state index is 0.699. The minimum absolute atomic E-state index is 0.699. The Labute approximate surface area is 111 Å². The second-order valence-electron chi connectivity index (χ2n) is 5.43. The summed E-state index contributed by atoms with van der Waals surface area (Å²) in [5.41, 5.74) is 4.03. The summed E-state index contributed by atoms with van der Waals surface area (Å²) in [6.07, 6.45) is 6.37. The summed E-state index contributed by atoms with van der Waals surface area (Å²) in [5, 5.41) is 3.61. The van der Waals surface area contributed by atoms with Gasteiger partial charge in [0.2, 0.25) is 0 Å². The maximum absolute atomic E-state index is 5.50. The Balaban J connectivity index is 2.01. The van der Waals surface area contributed by atoms with Crippen LogP contribution >= 0.6 is 0 Å². The van der Waals surface area contributed by atoms with Gasteiger partial charge in [0, 0.05) is 6.04 Å². The monoisotopic (exact) mass is 247 g/mol. The van der Waals surface area contributed by atoms with Gasteiger partial charge in [-0.05, 0) is 68.8 Å². The Morgan fingerprint density at radius 3 is 2.67 bits per heavy atom. The summed E-state index contributed by atoms with van der Waals surface area (Å²) < 4.78 is 5.50. The van der Waals surface area contributed by atoms with Crippen LogP contribution in [0.2, 0.25) is 0 Å². The van der Waals surface area contributed by atoms with Crippen LogP contribution in [0.4, 0.5) is 0 Å². The van der Waals surface area contributed by atoms with E-state index in [-0.39, 0.29) is 0 Å². The van der Waals surface area contributed by atoms with E-state index in [1.165, 1.54) is 48.9 Å². The topological polar surface area (TPSA) is 21.3 Å². The van der Waals surface area contributed by atoms with Crippen molar-refractivity contribution in [1.29, 1.82) is 0 Å². The number of ether oxygens (including phenoxy) is 1. The van der Waals surface area contributed by atoms with Crippen molar-refractivity contribution in [3.05, 3.63) is 28.8 Å². The first kappa shape index (κ1) is 13.4. The van der Waals surface area contributed by atoms with Crippen LogP contribution in [0.1, 0.15) is 42.4 Å². The van der Waals surface area contributed by atoms with E-state index in [2.05, 4.69) is 31.3 Å². The van der Waals surface area contributed by atoms with Crippen molar-refractivity contribution in [2.24, 2.45) is 0 Å². The van der Waals surface area contributed by atoms with Crippen molar-refractivity contribution in [2.75, 3.05) is 13.7 Å². The number of nitrogens with one attached hydrogen (secondary N) is 1. The molecule has 0 radical (unpaired) electrons. The van der Waals surface area contributed by atoms with Gasteiger partial charge in [-0.3, -0.25) is 0 Å². The molecule has 2 rings (SSSR count). The summed E-state index contributed by atoms with van der Waals surface area (Å²) in [4.78, 5) is 0. The van der Waals surface area contributed by atoms with Crippen molar-refractivity contribution < 1.29 is 4.74 Å². The molecule has 1 N–H and O–H groups in total. The lowest BCUT2D eigenvalue weighted by Crippen LogP contribution is -2.34. The molecule has 1 atom stereocenters. The predicted molar refractivity (Wildman–Crippen MR) is 76.4 cm³/mol. The lowest BCUT2D eigenvalue weighted by molar-refractivity contribution is 0.376. The summed E-state index contributed by atoms with van der Waals surface area (Å²) in [5.74, 6) is 1.05. The number of methoxy groups -OCH3 is 1. The van der Waals surface area contributed by atoms with Crippen molar-refractivity contribution in [3.63, 3.8) is 0 Å². The summed E-state index contributed by atoms with van der Waals surface area (Å²) in [7, 11) is 1.77. The molecule has 2 heteroatoms. The molecule has 0 amide bonds. The lowest BCUT2D eigenvalue weighted by Gasteiger charge is -2.23. The molecule has 2 nitrogen and oxygen atoms in total. The van der Waals surface area contributed by atoms with Gasteiger partial charge in [-0.2, -0.15) is 0 Å². The average Bonchev–Trinajstić information content (AvgIpc) is 2.41. The van der Waals surface area contributed by atoms with Crippen LogP contribution in [0.15, 0.2) is 12.1 Å². The number of hydrogen-bond acceptors (Lipinski definition) is 2. The van der Waals surface area contributed by atoms with Gasteiger partial charge in [0.05, 0.1) is 7.11 Å². The van der Waals surface area contributed by atoms with Crippen LogP contribution in [0.3, 0.4) is 0 Å². The zero-order valence-corrected chi connectivity index (χ0v) is 11.9. The Kier molecular flexibility index (Phi) is 4.65. The molecule has 0 saturated carbocycles. The predicted octanol–water partition coefficient (Wildman–Crippen LogP) is 3.39. The van der Waals surface area contributed by atoms with E-state index in [1.54, 1.807) is 7.11 Å². The van der Waals surface area contributed by atoms with Gasteiger partial charge in [-0.25, -0.2) is 0 Å². The molecule has 1 unspecified atom stereocenters. The highest BCUT2D eigenvalue weighted by Gasteiger charge is 2.14. The van der Waals surface area contributed by atoms with Gasteiger partial charge in [0.25, 0.3) is 0 Å². The van der Waals surface area contributed by atoms with Gasteiger partial charge >= 0.3 is 0 Å². The van der Waals surface area contributed by atoms with Crippen LogP contribution in [-0.2, 0) is 6.42 Å². The first-order valence-electron chi connectivity index (χ1n) is 7.08. The van der Waals surface area contributed by atoms with E-state index in [1.807, 2.05) is 0 Å². The molecule has 1 aromatic carbocycles. The number of benzene rings is 1. The maximum Gasteiger partial charge on any atom is 0.122 e. The first-order chi connectivity index (χ1) is 8.70. The Morgan fingerprint density at radius 1 is 1.22 bits per heavy atom. The molecule has 100 valence electrons. The highest BCUT2D eigenvalue weighted by molar-refractivity contribution is 5.41. The second kappa shape index (κ2) is 6.24. The fraction of sp³-hybridized carbons (Fsp3) is 0.625. The standard InChI is InChI=1S/C16H25NO/c1-12-10-14(16(18-3)11-13(12)2)7-8-15-6-4-5-9-17-15/h10-11,15,17H,4-9H2,1-3H3. The smallest absolute Gasteiger partial charge is 0.122 e. The number of piperidine rings is 1. The van der Waals surface area contributed by atoms with E-state index < -0.39 is 0 Å². The first-order valence-corrected chi connectivity index (χ1v) is 7.08. The lowest BCUT2D eigenvalue weighted by atomic mass is 9.96. The number of rotatable bonds is 4. The van der Waals surface area contributed by atoms with Crippen molar-refractivity contribution in [3.8, 4) is 5.75 Å². The van der Waals surface area contributed by atoms with Gasteiger partial charge in [-0.1, -0.05) is 12.5 Å². The fourth-order valence-electron chi connectivity index (χ4n) is 2.73. The van der Waals surface area contributed by atoms with Crippen LogP contribution < -0.4 is 10.1 Å². The molecule has 0 aromatic heterocycles. The summed E-state index contributed by atoms with van der Waals surface area (Å²) in [6, 6.07) is 5.15. The Bertz CT molecular complexity index is 394. The molecule has 1 aliphatic rings. The molecule has 1 aromatic rings. The zero-order valence-electron chi connectivity index (χ0n) is 11.9. The SMILES string of the molecule is COc1cc(C)c(C)cc1CCC1CCCCN1. The van der Waals surface area contributed by atoms with Gasteiger partial charge in [-0.15, -0.1) is 0 Å². The Hall–Kier alpha value is -1.02. The van der Waals surface area contributed by atoms with E-state index in [9.17, 15) is 0 Å². The minimum Gasteiger partial charge on any atom is -0.496 e. The third-order valence-electron chi connectivity index (χ3n) is 4.07. The Morgan fingerprint density at radius 2 is 2.00 bits per heavy atom. The molecule has 0 spiro atoms. The van der Waals surface area contributed by atoms with Crippen molar-refractivity contribution in [2.45, 2.75) is 52.0 Å². The number of hydrogen-bond donors (Lipinski definition) is 1. The molecule has 0 aliphatic carbocycles. The van der Waals surface area contributed by atoms with Gasteiger partial charge < -0.3 is 10.1 Å². The molecule has 0 bridgehead atoms. The third kappa shape index (κ3) is 3.26. The van der Waals surface area contributed by atoms with E-state index >= 15 is 0 Å². The molecule has 1 aliphatic heterocycles. The highest BCUT2D eigenvalue weighted by Crippen LogP contribution is 2.25. The van der Waals surface area contributed by atoms with Crippen LogP contribution in [-0.4, -0.2) is 19.7 Å². The third-order valence-corrected chi connectivity index (χ3v) is 4.07. The normalized spacial score (nSPS) is 19.8. The molecular weight excluding hydrogens is 222 g/mol. The van der Waals surface area contributed by atoms with E-state index in [4.69, 9.17) is 4.74 Å². The maximum atomic E-state index is 5.50. The van der Waals surface area contributed by atoms with Crippen molar-refractivity contribution >= 4 is 0 Å². The molecule has 1 saturated heterocycles. The average molecular weight is 247 g/mol. The number of aryl methyl sites for hydroxylation is 3. The van der Waals surface area contributed by atoms with Gasteiger partial charge in [0.1, 0.15) is 5.75 Å². The van der Waals surface area contributed by atoms with Crippen LogP contribution in [0.25, 0.3) is 0 Å². The van der Waals surface area contributed by atoms with E-state index in [0.29, 0.717) is 6.04 Å². The second-order valence-corrected chi connectivity index (χ2v) is 5.43. The van der Waals surface area contributed by atoms with E-state index in [0.717, 1.165) is 12.2 Å². The molecule has 1 fully saturated rings. The quantitative estimate of drug-likeness (QED) is 0.880. The largest absolute Gasteiger partial charge is 0.496 e. The van der Waals surface area contributed by atoms with Crippen LogP contribution in [0.5, 0.6) is 5.75 Å². The summed E-state index contributed by atoms with van der Waals surface area (Å²) >= 11 is 0. The fourth-order valence-corrected chi connectivity index (χ4v) is 2.73. The van der Waals surface area contributed by atoms with Crippen molar-refractivity contribution in [1.82, 2.24) is 5.32 Å². The van der Waals surface area contributed by atoms with Crippen LogP contribution in [0, 0.1) is 13.8 Å². The zero-order chi connectivity index (χ0) is 13.0. The summed E-state index contributed by atoms with van der Waals surface area (Å²) in [6.45, 7) is 5.51. The highest BCUT2D eigenvalue weighted by atomic mass is 16.5. The molecule has 18 heavy (non-hydrogen) atoms.